The smallest absolute Gasteiger partial charge is 0.341 e. The number of hydrogen-bond acceptors (Lipinski definition) is 4. The van der Waals surface area contributed by atoms with Crippen LogP contribution in [0, 0.1) is 0 Å². The first-order chi connectivity index (χ1) is 9.67. The van der Waals surface area contributed by atoms with Gasteiger partial charge in [-0.05, 0) is 25.5 Å². The molecule has 0 radical (unpaired) electrons. The highest BCUT2D eigenvalue weighted by atomic mass is 16.5. The van der Waals surface area contributed by atoms with Crippen molar-refractivity contribution in [2.24, 2.45) is 0 Å². The lowest BCUT2D eigenvalue weighted by molar-refractivity contribution is -0.138. The van der Waals surface area contributed by atoms with Gasteiger partial charge in [-0.25, -0.2) is 4.79 Å². The van der Waals surface area contributed by atoms with E-state index in [-0.39, 0.29) is 6.61 Å². The van der Waals surface area contributed by atoms with E-state index in [1.54, 1.807) is 13.8 Å². The lowest BCUT2D eigenvalue weighted by Crippen LogP contribution is -2.17. The summed E-state index contributed by atoms with van der Waals surface area (Å²) in [5, 5.41) is 9.42. The van der Waals surface area contributed by atoms with Gasteiger partial charge in [-0.3, -0.25) is 0 Å². The largest absolute Gasteiger partial charge is 0.487 e. The van der Waals surface area contributed by atoms with E-state index in [4.69, 9.17) is 9.47 Å². The van der Waals surface area contributed by atoms with Gasteiger partial charge in [0.1, 0.15) is 17.4 Å². The summed E-state index contributed by atoms with van der Waals surface area (Å²) >= 11 is 0. The van der Waals surface area contributed by atoms with Gasteiger partial charge in [0.2, 0.25) is 0 Å². The Morgan fingerprint density at radius 2 is 2.10 bits per heavy atom. The third-order valence-corrected chi connectivity index (χ3v) is 3.07. The van der Waals surface area contributed by atoms with Crippen molar-refractivity contribution in [1.29, 1.82) is 0 Å². The maximum atomic E-state index is 12.0. The zero-order valence-electron chi connectivity index (χ0n) is 11.6. The second-order valence-electron chi connectivity index (χ2n) is 4.45. The first-order valence-electron chi connectivity index (χ1n) is 6.60. The summed E-state index contributed by atoms with van der Waals surface area (Å²) in [7, 11) is 0. The van der Waals surface area contributed by atoms with Gasteiger partial charge < -0.3 is 14.6 Å². The third-order valence-electron chi connectivity index (χ3n) is 3.07. The molecule has 0 aromatic heterocycles. The number of allylic oxidation sites excluding steroid dienone is 1. The van der Waals surface area contributed by atoms with E-state index >= 15 is 0 Å². The number of carbonyl (C=O) groups is 1. The average molecular weight is 274 g/mol. The Hall–Kier alpha value is -2.07. The Morgan fingerprint density at radius 1 is 1.40 bits per heavy atom. The van der Waals surface area contributed by atoms with Crippen molar-refractivity contribution in [2.75, 3.05) is 13.2 Å². The van der Waals surface area contributed by atoms with E-state index in [9.17, 15) is 9.90 Å². The average Bonchev–Trinajstić information content (AvgIpc) is 2.76. The van der Waals surface area contributed by atoms with E-state index < -0.39 is 12.1 Å². The molecule has 1 N–H and O–H groups in total. The first kappa shape index (κ1) is 14.3. The molecule has 1 atom stereocenters. The highest BCUT2D eigenvalue weighted by Crippen LogP contribution is 2.32. The van der Waals surface area contributed by atoms with Crippen molar-refractivity contribution in [3.05, 3.63) is 52.8 Å². The summed E-state index contributed by atoms with van der Waals surface area (Å²) in [6.07, 6.45) is 1.33. The van der Waals surface area contributed by atoms with Crippen LogP contribution in [0.1, 0.15) is 19.4 Å². The molecule has 0 aliphatic carbocycles. The Balaban J connectivity index is 2.40. The molecular formula is C16H18O4. The van der Waals surface area contributed by atoms with Crippen LogP contribution < -0.4 is 0 Å². The molecule has 1 unspecified atom stereocenters. The third kappa shape index (κ3) is 2.91. The van der Waals surface area contributed by atoms with E-state index in [1.165, 1.54) is 0 Å². The van der Waals surface area contributed by atoms with E-state index in [0.29, 0.717) is 23.5 Å². The van der Waals surface area contributed by atoms with Crippen LogP contribution in [0.2, 0.25) is 0 Å². The van der Waals surface area contributed by atoms with Gasteiger partial charge in [-0.1, -0.05) is 30.3 Å². The van der Waals surface area contributed by atoms with Crippen LogP contribution in [-0.2, 0) is 14.3 Å². The van der Waals surface area contributed by atoms with Crippen molar-refractivity contribution < 1.29 is 19.4 Å². The summed E-state index contributed by atoms with van der Waals surface area (Å²) in [4.78, 5) is 12.0. The summed E-state index contributed by atoms with van der Waals surface area (Å²) in [6.45, 7) is 3.59. The Kier molecular flexibility index (Phi) is 4.58. The minimum Gasteiger partial charge on any atom is -0.487 e. The Bertz CT molecular complexity index is 543. The molecule has 106 valence electrons. The summed E-state index contributed by atoms with van der Waals surface area (Å²) in [5.41, 5.74) is 2.02. The van der Waals surface area contributed by atoms with Crippen LogP contribution in [-0.4, -0.2) is 30.4 Å². The number of aliphatic hydroxyl groups excluding tert-OH is 1. The topological polar surface area (TPSA) is 55.8 Å². The molecule has 1 aliphatic rings. The molecule has 0 saturated heterocycles. The fourth-order valence-electron chi connectivity index (χ4n) is 2.19. The van der Waals surface area contributed by atoms with Crippen LogP contribution in [0.3, 0.4) is 0 Å². The number of hydrogen-bond donors (Lipinski definition) is 1. The monoisotopic (exact) mass is 274 g/mol. The number of ether oxygens (including phenoxy) is 2. The minimum atomic E-state index is -0.519. The molecule has 1 aromatic carbocycles. The van der Waals surface area contributed by atoms with Crippen LogP contribution in [0.15, 0.2) is 47.2 Å². The lowest BCUT2D eigenvalue weighted by atomic mass is 9.99. The molecular weight excluding hydrogens is 256 g/mol. The molecule has 2 rings (SSSR count). The number of carbonyl (C=O) groups excluding carboxylic acids is 1. The van der Waals surface area contributed by atoms with Crippen molar-refractivity contribution in [3.8, 4) is 0 Å². The van der Waals surface area contributed by atoms with Gasteiger partial charge in [-0.2, -0.15) is 0 Å². The molecule has 0 amide bonds. The second-order valence-corrected chi connectivity index (χ2v) is 4.45. The summed E-state index contributed by atoms with van der Waals surface area (Å²) in [6, 6.07) is 9.60. The highest BCUT2D eigenvalue weighted by Gasteiger charge is 2.33. The molecule has 4 nitrogen and oxygen atoms in total. The number of aliphatic hydroxyl groups is 1. The van der Waals surface area contributed by atoms with Gasteiger partial charge in [0, 0.05) is 5.57 Å². The SMILES string of the molecule is CCOC(=O)C1=C(C)OC(CO)/C1=C/c1ccccc1. The fourth-order valence-corrected chi connectivity index (χ4v) is 2.19. The molecule has 0 spiro atoms. The van der Waals surface area contributed by atoms with Crippen LogP contribution >= 0.6 is 0 Å². The molecule has 1 aromatic rings. The predicted molar refractivity (Wildman–Crippen MR) is 75.7 cm³/mol. The summed E-state index contributed by atoms with van der Waals surface area (Å²) < 4.78 is 10.6. The van der Waals surface area contributed by atoms with Crippen molar-refractivity contribution in [3.63, 3.8) is 0 Å². The lowest BCUT2D eigenvalue weighted by Gasteiger charge is -2.11. The minimum absolute atomic E-state index is 0.182. The molecule has 0 saturated carbocycles. The maximum Gasteiger partial charge on any atom is 0.341 e. The molecule has 4 heteroatoms. The highest BCUT2D eigenvalue weighted by molar-refractivity contribution is 5.97. The fraction of sp³-hybridized carbons (Fsp3) is 0.312. The Labute approximate surface area is 118 Å². The van der Waals surface area contributed by atoms with Gasteiger partial charge in [0.05, 0.1) is 13.2 Å². The quantitative estimate of drug-likeness (QED) is 0.856. The van der Waals surface area contributed by atoms with Gasteiger partial charge in [0.15, 0.2) is 0 Å². The standard InChI is InChI=1S/C16H18O4/c1-3-19-16(18)15-11(2)20-14(10-17)13(15)9-12-7-5-4-6-8-12/h4-9,14,17H,3,10H2,1-2H3/b13-9-. The van der Waals surface area contributed by atoms with Crippen LogP contribution in [0.4, 0.5) is 0 Å². The predicted octanol–water partition coefficient (Wildman–Crippen LogP) is 2.30. The van der Waals surface area contributed by atoms with Crippen molar-refractivity contribution in [1.82, 2.24) is 0 Å². The maximum absolute atomic E-state index is 12.0. The van der Waals surface area contributed by atoms with E-state index in [2.05, 4.69) is 0 Å². The van der Waals surface area contributed by atoms with Gasteiger partial charge in [0.25, 0.3) is 0 Å². The number of benzene rings is 1. The zero-order valence-corrected chi connectivity index (χ0v) is 11.6. The second kappa shape index (κ2) is 6.39. The molecule has 1 heterocycles. The van der Waals surface area contributed by atoms with E-state index in [1.807, 2.05) is 36.4 Å². The Morgan fingerprint density at radius 3 is 2.70 bits per heavy atom. The van der Waals surface area contributed by atoms with Crippen molar-refractivity contribution >= 4 is 12.0 Å². The zero-order chi connectivity index (χ0) is 14.5. The van der Waals surface area contributed by atoms with Crippen molar-refractivity contribution in [2.45, 2.75) is 20.0 Å². The number of rotatable bonds is 4. The molecule has 1 aliphatic heterocycles. The number of esters is 1. The molecule has 0 fully saturated rings. The summed E-state index contributed by atoms with van der Waals surface area (Å²) in [5.74, 6) is 0.0767. The molecule has 0 bridgehead atoms. The first-order valence-corrected chi connectivity index (χ1v) is 6.60. The van der Waals surface area contributed by atoms with E-state index in [0.717, 1.165) is 5.56 Å². The normalized spacial score (nSPS) is 20.1. The van der Waals surface area contributed by atoms with Crippen LogP contribution in [0.5, 0.6) is 0 Å². The van der Waals surface area contributed by atoms with Gasteiger partial charge in [-0.15, -0.1) is 0 Å². The van der Waals surface area contributed by atoms with Crippen LogP contribution in [0.25, 0.3) is 6.08 Å². The van der Waals surface area contributed by atoms with Gasteiger partial charge >= 0.3 is 5.97 Å². The molecule has 20 heavy (non-hydrogen) atoms.